The van der Waals surface area contributed by atoms with Gasteiger partial charge in [0.05, 0.1) is 19.8 Å². The van der Waals surface area contributed by atoms with Gasteiger partial charge in [-0.1, -0.05) is 32.0 Å². The Balaban J connectivity index is 2.49. The van der Waals surface area contributed by atoms with Crippen molar-refractivity contribution in [3.05, 3.63) is 29.8 Å². The van der Waals surface area contributed by atoms with E-state index in [9.17, 15) is 0 Å². The topological polar surface area (TPSA) is 67.4 Å². The largest absolute Gasteiger partial charge is 0.492 e. The molecular formula is C22H40N4O3. The second-order valence-electron chi connectivity index (χ2n) is 6.56. The summed E-state index contributed by atoms with van der Waals surface area (Å²) in [6, 6.07) is 8.13. The Kier molecular flexibility index (Phi) is 14.8. The maximum absolute atomic E-state index is 6.03. The molecule has 0 saturated carbocycles. The number of ether oxygens (including phenoxy) is 3. The van der Waals surface area contributed by atoms with Gasteiger partial charge >= 0.3 is 0 Å². The van der Waals surface area contributed by atoms with Crippen LogP contribution in [0.1, 0.15) is 32.8 Å². The first kappa shape index (κ1) is 25.2. The second-order valence-corrected chi connectivity index (χ2v) is 6.56. The molecule has 29 heavy (non-hydrogen) atoms. The first-order chi connectivity index (χ1) is 14.2. The van der Waals surface area contributed by atoms with Gasteiger partial charge in [-0.3, -0.25) is 0 Å². The average molecular weight is 409 g/mol. The van der Waals surface area contributed by atoms with Crippen LogP contribution in [0.4, 0.5) is 0 Å². The van der Waals surface area contributed by atoms with Crippen LogP contribution in [-0.2, 0) is 16.0 Å². The number of methoxy groups -OCH3 is 1. The highest BCUT2D eigenvalue weighted by atomic mass is 16.5. The van der Waals surface area contributed by atoms with Crippen LogP contribution in [0, 0.1) is 0 Å². The van der Waals surface area contributed by atoms with Crippen LogP contribution in [0.15, 0.2) is 29.3 Å². The molecule has 0 spiro atoms. The third-order valence-corrected chi connectivity index (χ3v) is 4.47. The van der Waals surface area contributed by atoms with E-state index in [4.69, 9.17) is 19.2 Å². The number of rotatable bonds is 16. The van der Waals surface area contributed by atoms with Gasteiger partial charge in [-0.15, -0.1) is 0 Å². The van der Waals surface area contributed by atoms with Gasteiger partial charge in [0.25, 0.3) is 0 Å². The van der Waals surface area contributed by atoms with Crippen LogP contribution in [0.3, 0.4) is 0 Å². The number of para-hydroxylation sites is 1. The number of aliphatic imine (C=N–C) groups is 1. The highest BCUT2D eigenvalue weighted by Gasteiger charge is 2.05. The standard InChI is InChI=1S/C22H40N4O3/c1-5-23-22(24-13-10-15-28-18-17-27-4)25-19-20-11-8-9-12-21(20)29-16-14-26(6-2)7-3/h8-9,11-12H,5-7,10,13-19H2,1-4H3,(H2,23,24,25). The summed E-state index contributed by atoms with van der Waals surface area (Å²) in [6.07, 6.45) is 0.916. The van der Waals surface area contributed by atoms with E-state index in [1.807, 2.05) is 18.2 Å². The Morgan fingerprint density at radius 1 is 1.00 bits per heavy atom. The number of likely N-dealkylation sites (N-methyl/N-ethyl adjacent to an activating group) is 1. The van der Waals surface area contributed by atoms with Gasteiger partial charge in [-0.2, -0.15) is 0 Å². The molecule has 0 heterocycles. The molecule has 7 heteroatoms. The van der Waals surface area contributed by atoms with Gasteiger partial charge in [0.15, 0.2) is 5.96 Å². The molecule has 0 amide bonds. The Morgan fingerprint density at radius 3 is 2.52 bits per heavy atom. The molecule has 1 aromatic carbocycles. The predicted octanol–water partition coefficient (Wildman–Crippen LogP) is 2.52. The van der Waals surface area contributed by atoms with Crippen LogP contribution in [-0.4, -0.2) is 77.1 Å². The fraction of sp³-hybridized carbons (Fsp3) is 0.682. The van der Waals surface area contributed by atoms with Gasteiger partial charge in [0.1, 0.15) is 12.4 Å². The van der Waals surface area contributed by atoms with E-state index in [-0.39, 0.29) is 0 Å². The van der Waals surface area contributed by atoms with Crippen molar-refractivity contribution < 1.29 is 14.2 Å². The Labute approximate surface area is 176 Å². The fourth-order valence-corrected chi connectivity index (χ4v) is 2.73. The summed E-state index contributed by atoms with van der Waals surface area (Å²) < 4.78 is 16.5. The molecule has 0 fully saturated rings. The summed E-state index contributed by atoms with van der Waals surface area (Å²) in [4.78, 5) is 7.06. The molecule has 0 aliphatic rings. The van der Waals surface area contributed by atoms with E-state index in [0.29, 0.717) is 33.0 Å². The summed E-state index contributed by atoms with van der Waals surface area (Å²) in [6.45, 7) is 14.3. The summed E-state index contributed by atoms with van der Waals surface area (Å²) >= 11 is 0. The lowest BCUT2D eigenvalue weighted by Gasteiger charge is -2.19. The molecule has 0 aromatic heterocycles. The summed E-state index contributed by atoms with van der Waals surface area (Å²) in [5.41, 5.74) is 1.09. The minimum absolute atomic E-state index is 0.571. The number of guanidine groups is 1. The molecular weight excluding hydrogens is 368 g/mol. The molecule has 2 N–H and O–H groups in total. The first-order valence-electron chi connectivity index (χ1n) is 10.8. The molecule has 0 atom stereocenters. The Bertz CT molecular complexity index is 551. The molecule has 0 unspecified atom stereocenters. The summed E-state index contributed by atoms with van der Waals surface area (Å²) in [5, 5.41) is 6.64. The van der Waals surface area contributed by atoms with Crippen molar-refractivity contribution in [1.29, 1.82) is 0 Å². The minimum Gasteiger partial charge on any atom is -0.492 e. The summed E-state index contributed by atoms with van der Waals surface area (Å²) in [5.74, 6) is 1.72. The van der Waals surface area contributed by atoms with Gasteiger partial charge < -0.3 is 29.7 Å². The zero-order valence-corrected chi connectivity index (χ0v) is 18.7. The van der Waals surface area contributed by atoms with Crippen molar-refractivity contribution in [2.75, 3.05) is 66.3 Å². The average Bonchev–Trinajstić information content (AvgIpc) is 2.75. The zero-order valence-electron chi connectivity index (χ0n) is 18.7. The third kappa shape index (κ3) is 11.7. The quantitative estimate of drug-likeness (QED) is 0.249. The molecule has 1 aromatic rings. The number of hydrogen-bond donors (Lipinski definition) is 2. The van der Waals surface area contributed by atoms with E-state index >= 15 is 0 Å². The monoisotopic (exact) mass is 408 g/mol. The highest BCUT2D eigenvalue weighted by molar-refractivity contribution is 5.79. The fourth-order valence-electron chi connectivity index (χ4n) is 2.73. The third-order valence-electron chi connectivity index (χ3n) is 4.47. The SMILES string of the molecule is CCNC(=NCc1ccccc1OCCN(CC)CC)NCCCOCCOC. The van der Waals surface area contributed by atoms with E-state index in [0.717, 1.165) is 56.4 Å². The second kappa shape index (κ2) is 17.1. The molecule has 0 bridgehead atoms. The minimum atomic E-state index is 0.571. The van der Waals surface area contributed by atoms with Crippen LogP contribution >= 0.6 is 0 Å². The van der Waals surface area contributed by atoms with Crippen LogP contribution in [0.2, 0.25) is 0 Å². The van der Waals surface area contributed by atoms with E-state index in [1.54, 1.807) is 7.11 Å². The first-order valence-corrected chi connectivity index (χ1v) is 10.8. The number of hydrogen-bond acceptors (Lipinski definition) is 5. The molecule has 0 aliphatic carbocycles. The Morgan fingerprint density at radius 2 is 1.79 bits per heavy atom. The van der Waals surface area contributed by atoms with Gasteiger partial charge in [0.2, 0.25) is 0 Å². The highest BCUT2D eigenvalue weighted by Crippen LogP contribution is 2.18. The van der Waals surface area contributed by atoms with Crippen molar-refractivity contribution >= 4 is 5.96 Å². The number of nitrogens with zero attached hydrogens (tertiary/aromatic N) is 2. The lowest BCUT2D eigenvalue weighted by Crippen LogP contribution is -2.38. The van der Waals surface area contributed by atoms with Crippen molar-refractivity contribution in [3.63, 3.8) is 0 Å². The summed E-state index contributed by atoms with van der Waals surface area (Å²) in [7, 11) is 1.68. The molecule has 0 saturated heterocycles. The van der Waals surface area contributed by atoms with Gasteiger partial charge in [0, 0.05) is 38.9 Å². The number of benzene rings is 1. The molecule has 166 valence electrons. The molecule has 7 nitrogen and oxygen atoms in total. The zero-order chi connectivity index (χ0) is 21.2. The van der Waals surface area contributed by atoms with Crippen LogP contribution in [0.25, 0.3) is 0 Å². The smallest absolute Gasteiger partial charge is 0.191 e. The maximum atomic E-state index is 6.03. The molecule has 1 rings (SSSR count). The van der Waals surface area contributed by atoms with Gasteiger partial charge in [-0.25, -0.2) is 4.99 Å². The van der Waals surface area contributed by atoms with Crippen molar-refractivity contribution in [1.82, 2.24) is 15.5 Å². The number of nitrogens with one attached hydrogen (secondary N) is 2. The maximum Gasteiger partial charge on any atom is 0.191 e. The normalized spacial score (nSPS) is 11.7. The van der Waals surface area contributed by atoms with Crippen LogP contribution in [0.5, 0.6) is 5.75 Å². The van der Waals surface area contributed by atoms with Crippen LogP contribution < -0.4 is 15.4 Å². The van der Waals surface area contributed by atoms with Gasteiger partial charge in [-0.05, 0) is 32.5 Å². The van der Waals surface area contributed by atoms with Crippen molar-refractivity contribution in [2.24, 2.45) is 4.99 Å². The van der Waals surface area contributed by atoms with E-state index in [2.05, 4.69) is 42.4 Å². The molecule has 0 radical (unpaired) electrons. The molecule has 0 aliphatic heterocycles. The van der Waals surface area contributed by atoms with E-state index < -0.39 is 0 Å². The lowest BCUT2D eigenvalue weighted by molar-refractivity contribution is 0.0698. The van der Waals surface area contributed by atoms with E-state index in [1.165, 1.54) is 0 Å². The predicted molar refractivity (Wildman–Crippen MR) is 120 cm³/mol. The van der Waals surface area contributed by atoms with Crippen molar-refractivity contribution in [3.8, 4) is 5.75 Å². The van der Waals surface area contributed by atoms with Crippen molar-refractivity contribution in [2.45, 2.75) is 33.7 Å². The Hall–Kier alpha value is -1.83. The lowest BCUT2D eigenvalue weighted by atomic mass is 10.2.